The van der Waals surface area contributed by atoms with E-state index in [0.717, 1.165) is 17.6 Å². The van der Waals surface area contributed by atoms with E-state index in [2.05, 4.69) is 5.16 Å². The number of hydrogen-bond acceptors (Lipinski definition) is 5. The zero-order valence-corrected chi connectivity index (χ0v) is 6.11. The maximum Gasteiger partial charge on any atom is 0.332 e. The van der Waals surface area contributed by atoms with Gasteiger partial charge in [-0.15, -0.1) is 0 Å². The smallest absolute Gasteiger partial charge is 0.332 e. The van der Waals surface area contributed by atoms with E-state index in [1.54, 1.807) is 5.38 Å². The summed E-state index contributed by atoms with van der Waals surface area (Å²) in [7, 11) is 0. The molecule has 1 N–H and O–H groups in total. The van der Waals surface area contributed by atoms with Crippen LogP contribution in [0.25, 0.3) is 0 Å². The first kappa shape index (κ1) is 7.67. The summed E-state index contributed by atoms with van der Waals surface area (Å²) in [6, 6.07) is 1.52. The molecule has 0 aromatic carbocycles. The topological polar surface area (TPSA) is 75.7 Å². The fourth-order valence-electron chi connectivity index (χ4n) is 0.620. The molecule has 11 heavy (non-hydrogen) atoms. The van der Waals surface area contributed by atoms with E-state index >= 15 is 0 Å². The van der Waals surface area contributed by atoms with Gasteiger partial charge in [0.25, 0.3) is 0 Å². The fraction of sp³-hybridized carbons (Fsp3) is 0. The van der Waals surface area contributed by atoms with Gasteiger partial charge in [-0.2, -0.15) is 0 Å². The van der Waals surface area contributed by atoms with Crippen molar-refractivity contribution < 1.29 is 10.1 Å². The summed E-state index contributed by atoms with van der Waals surface area (Å²) < 4.78 is 0. The van der Waals surface area contributed by atoms with Crippen LogP contribution in [0.15, 0.2) is 16.6 Å². The van der Waals surface area contributed by atoms with Gasteiger partial charge in [-0.1, -0.05) is 16.5 Å². The van der Waals surface area contributed by atoms with Crippen molar-refractivity contribution in [3.8, 4) is 0 Å². The molecule has 0 aliphatic heterocycles. The van der Waals surface area contributed by atoms with E-state index in [4.69, 9.17) is 5.21 Å². The Morgan fingerprint density at radius 3 is 3.09 bits per heavy atom. The number of oxime groups is 1. The van der Waals surface area contributed by atoms with Crippen molar-refractivity contribution in [2.45, 2.75) is 0 Å². The first-order valence-corrected chi connectivity index (χ1v) is 3.53. The first-order chi connectivity index (χ1) is 5.25. The van der Waals surface area contributed by atoms with Crippen molar-refractivity contribution in [2.75, 3.05) is 0 Å². The maximum atomic E-state index is 10.2. The number of nitrogens with zero attached hydrogens (tertiary/aromatic N) is 2. The van der Waals surface area contributed by atoms with Gasteiger partial charge in [-0.3, -0.25) is 10.1 Å². The molecule has 1 rings (SSSR count). The van der Waals surface area contributed by atoms with E-state index < -0.39 is 4.92 Å². The van der Waals surface area contributed by atoms with Crippen LogP contribution >= 0.6 is 11.3 Å². The molecule has 0 unspecified atom stereocenters. The second kappa shape index (κ2) is 3.11. The van der Waals surface area contributed by atoms with E-state index in [0.29, 0.717) is 5.56 Å². The van der Waals surface area contributed by atoms with Gasteiger partial charge >= 0.3 is 5.00 Å². The van der Waals surface area contributed by atoms with Gasteiger partial charge in [-0.05, 0) is 11.4 Å². The zero-order valence-electron chi connectivity index (χ0n) is 5.30. The molecule has 6 heteroatoms. The van der Waals surface area contributed by atoms with Gasteiger partial charge in [0.05, 0.1) is 16.7 Å². The number of hydrogen-bond donors (Lipinski definition) is 1. The van der Waals surface area contributed by atoms with Crippen LogP contribution < -0.4 is 0 Å². The monoisotopic (exact) mass is 172 g/mol. The third kappa shape index (κ3) is 1.53. The number of nitro groups is 1. The predicted molar refractivity (Wildman–Crippen MR) is 40.4 cm³/mol. The Bertz CT molecular complexity index is 294. The molecule has 0 radical (unpaired) electrons. The van der Waals surface area contributed by atoms with Crippen LogP contribution in [0.3, 0.4) is 0 Å². The third-order valence-electron chi connectivity index (χ3n) is 1.04. The maximum absolute atomic E-state index is 10.2. The van der Waals surface area contributed by atoms with Crippen molar-refractivity contribution in [1.82, 2.24) is 0 Å². The van der Waals surface area contributed by atoms with Gasteiger partial charge in [0.15, 0.2) is 0 Å². The standard InChI is InChI=1S/C5H4N2O3S/c8-6-3-4-1-2-11-5(4)7(9)10/h1-3,8H/b6-3+. The van der Waals surface area contributed by atoms with Gasteiger partial charge in [0.1, 0.15) is 0 Å². The highest BCUT2D eigenvalue weighted by atomic mass is 32.1. The van der Waals surface area contributed by atoms with Gasteiger partial charge in [0.2, 0.25) is 0 Å². The van der Waals surface area contributed by atoms with E-state index in [1.807, 2.05) is 0 Å². The Kier molecular flexibility index (Phi) is 2.17. The molecule has 0 atom stereocenters. The Hall–Kier alpha value is -1.43. The molecule has 0 aliphatic carbocycles. The SMILES string of the molecule is O=[N+]([O-])c1sccc1/C=N/O. The summed E-state index contributed by atoms with van der Waals surface area (Å²) >= 11 is 0.996. The van der Waals surface area contributed by atoms with Gasteiger partial charge in [0, 0.05) is 0 Å². The van der Waals surface area contributed by atoms with E-state index in [-0.39, 0.29) is 5.00 Å². The van der Waals surface area contributed by atoms with Crippen LogP contribution in [-0.4, -0.2) is 16.3 Å². The Balaban J connectivity index is 3.05. The van der Waals surface area contributed by atoms with Crippen molar-refractivity contribution in [3.05, 3.63) is 27.1 Å². The lowest BCUT2D eigenvalue weighted by atomic mass is 10.3. The Labute approximate surface area is 65.7 Å². The minimum atomic E-state index is -0.512. The summed E-state index contributed by atoms with van der Waals surface area (Å²) in [6.45, 7) is 0. The molecule has 5 nitrogen and oxygen atoms in total. The highest BCUT2D eigenvalue weighted by molar-refractivity contribution is 7.13. The van der Waals surface area contributed by atoms with Crippen molar-refractivity contribution in [3.63, 3.8) is 0 Å². The van der Waals surface area contributed by atoms with Crippen molar-refractivity contribution in [1.29, 1.82) is 0 Å². The molecule has 0 amide bonds. The zero-order chi connectivity index (χ0) is 8.27. The van der Waals surface area contributed by atoms with Gasteiger partial charge in [-0.25, -0.2) is 0 Å². The first-order valence-electron chi connectivity index (χ1n) is 2.65. The van der Waals surface area contributed by atoms with E-state index in [9.17, 15) is 10.1 Å². The molecule has 0 fully saturated rings. The lowest BCUT2D eigenvalue weighted by molar-refractivity contribution is -0.380. The largest absolute Gasteiger partial charge is 0.411 e. The molecule has 0 saturated carbocycles. The van der Waals surface area contributed by atoms with Crippen molar-refractivity contribution >= 4 is 22.6 Å². The van der Waals surface area contributed by atoms with Crippen LogP contribution in [0.4, 0.5) is 5.00 Å². The normalized spacial score (nSPS) is 10.5. The molecule has 0 aliphatic rings. The Morgan fingerprint density at radius 1 is 1.82 bits per heavy atom. The van der Waals surface area contributed by atoms with Crippen LogP contribution in [0.2, 0.25) is 0 Å². The molecular formula is C5H4N2O3S. The summed E-state index contributed by atoms with van der Waals surface area (Å²) in [5, 5.41) is 22.6. The average Bonchev–Trinajstić information content (AvgIpc) is 2.36. The second-order valence-corrected chi connectivity index (χ2v) is 2.58. The molecule has 0 saturated heterocycles. The van der Waals surface area contributed by atoms with Crippen LogP contribution in [0.5, 0.6) is 0 Å². The molecule has 1 aromatic heterocycles. The average molecular weight is 172 g/mol. The fourth-order valence-corrected chi connectivity index (χ4v) is 1.31. The summed E-state index contributed by atoms with van der Waals surface area (Å²) in [4.78, 5) is 9.72. The molecule has 0 spiro atoms. The Morgan fingerprint density at radius 2 is 2.55 bits per heavy atom. The van der Waals surface area contributed by atoms with Crippen LogP contribution in [0.1, 0.15) is 5.56 Å². The lowest BCUT2D eigenvalue weighted by Crippen LogP contribution is -1.88. The second-order valence-electron chi connectivity index (χ2n) is 1.68. The highest BCUT2D eigenvalue weighted by Crippen LogP contribution is 2.23. The predicted octanol–water partition coefficient (Wildman–Crippen LogP) is 1.46. The van der Waals surface area contributed by atoms with Crippen LogP contribution in [-0.2, 0) is 0 Å². The summed E-state index contributed by atoms with van der Waals surface area (Å²) in [6.07, 6.45) is 1.04. The van der Waals surface area contributed by atoms with E-state index in [1.165, 1.54) is 6.07 Å². The quantitative estimate of drug-likeness (QED) is 0.317. The molecule has 1 heterocycles. The lowest BCUT2D eigenvalue weighted by Gasteiger charge is -1.84. The van der Waals surface area contributed by atoms with Crippen LogP contribution in [0, 0.1) is 10.1 Å². The summed E-state index contributed by atoms with van der Waals surface area (Å²) in [5.74, 6) is 0. The molecule has 1 aromatic rings. The minimum Gasteiger partial charge on any atom is -0.411 e. The highest BCUT2D eigenvalue weighted by Gasteiger charge is 2.12. The molecular weight excluding hydrogens is 168 g/mol. The van der Waals surface area contributed by atoms with Gasteiger partial charge < -0.3 is 5.21 Å². The molecule has 0 bridgehead atoms. The third-order valence-corrected chi connectivity index (χ3v) is 1.92. The molecule has 58 valence electrons. The number of rotatable bonds is 2. The minimum absolute atomic E-state index is 0.0113. The van der Waals surface area contributed by atoms with Crippen molar-refractivity contribution in [2.24, 2.45) is 5.16 Å². The number of thiophene rings is 1. The summed E-state index contributed by atoms with van der Waals surface area (Å²) in [5.41, 5.74) is 0.322.